The van der Waals surface area contributed by atoms with Crippen molar-refractivity contribution in [3.8, 4) is 11.1 Å². The summed E-state index contributed by atoms with van der Waals surface area (Å²) in [5.74, 6) is -1.14. The molecule has 0 bridgehead atoms. The van der Waals surface area contributed by atoms with Crippen molar-refractivity contribution in [1.29, 1.82) is 0 Å². The molecule has 1 nitrogen and oxygen atoms in total. The number of thiazole rings is 1. The summed E-state index contributed by atoms with van der Waals surface area (Å²) in [6.45, 7) is 0. The molecule has 0 aliphatic carbocycles. The van der Waals surface area contributed by atoms with E-state index in [0.717, 1.165) is 21.8 Å². The Morgan fingerprint density at radius 2 is 1.65 bits per heavy atom. The minimum absolute atomic E-state index is 0.525. The highest BCUT2D eigenvalue weighted by molar-refractivity contribution is 7.16. The molecule has 0 saturated heterocycles. The number of nitrogens with zero attached hydrogens (tertiary/aromatic N) is 1. The first-order valence-electron chi connectivity index (χ1n) is 5.02. The minimum atomic E-state index is -0.571. The molecule has 1 heterocycles. The lowest BCUT2D eigenvalue weighted by Crippen LogP contribution is -1.84. The Balaban J connectivity index is 2.19. The molecule has 3 rings (SSSR count). The molecule has 0 radical (unpaired) electrons. The number of fused-ring (bicyclic) bond motifs is 1. The summed E-state index contributed by atoms with van der Waals surface area (Å²) in [6, 6.07) is 9.08. The lowest BCUT2D eigenvalue weighted by atomic mass is 10.1. The van der Waals surface area contributed by atoms with Gasteiger partial charge in [-0.2, -0.15) is 0 Å². The molecule has 4 heteroatoms. The first-order valence-corrected chi connectivity index (χ1v) is 5.90. The largest absolute Gasteiger partial charge is 0.245 e. The number of hydrogen-bond acceptors (Lipinski definition) is 2. The van der Waals surface area contributed by atoms with Crippen molar-refractivity contribution in [3.63, 3.8) is 0 Å². The van der Waals surface area contributed by atoms with Crippen LogP contribution in [0.4, 0.5) is 8.78 Å². The molecule has 2 aromatic carbocycles. The van der Waals surface area contributed by atoms with Crippen molar-refractivity contribution in [3.05, 3.63) is 53.5 Å². The molecular weight excluding hydrogens is 240 g/mol. The summed E-state index contributed by atoms with van der Waals surface area (Å²) in [5.41, 5.74) is 3.89. The van der Waals surface area contributed by atoms with E-state index in [1.54, 1.807) is 5.51 Å². The van der Waals surface area contributed by atoms with Gasteiger partial charge in [-0.1, -0.05) is 6.07 Å². The second-order valence-corrected chi connectivity index (χ2v) is 4.58. The zero-order valence-corrected chi connectivity index (χ0v) is 9.47. The highest BCUT2D eigenvalue weighted by atomic mass is 32.1. The van der Waals surface area contributed by atoms with E-state index in [1.165, 1.54) is 23.5 Å². The third-order valence-corrected chi connectivity index (χ3v) is 3.34. The number of rotatable bonds is 1. The SMILES string of the molecule is Fc1cc(F)cc(-c2ccc3scnc3c2)c1. The van der Waals surface area contributed by atoms with Crippen molar-refractivity contribution < 1.29 is 8.78 Å². The third kappa shape index (κ3) is 1.91. The lowest BCUT2D eigenvalue weighted by molar-refractivity contribution is 0.584. The van der Waals surface area contributed by atoms with E-state index in [9.17, 15) is 8.78 Å². The van der Waals surface area contributed by atoms with Gasteiger partial charge in [-0.25, -0.2) is 13.8 Å². The van der Waals surface area contributed by atoms with Gasteiger partial charge in [0.05, 0.1) is 15.7 Å². The van der Waals surface area contributed by atoms with Crippen LogP contribution in [0.3, 0.4) is 0 Å². The number of halogens is 2. The molecule has 0 spiro atoms. The molecule has 0 N–H and O–H groups in total. The summed E-state index contributed by atoms with van der Waals surface area (Å²) >= 11 is 1.54. The molecule has 0 saturated carbocycles. The van der Waals surface area contributed by atoms with Crippen LogP contribution in [0.15, 0.2) is 41.9 Å². The van der Waals surface area contributed by atoms with Crippen LogP contribution in [0, 0.1) is 11.6 Å². The van der Waals surface area contributed by atoms with Gasteiger partial charge in [0, 0.05) is 6.07 Å². The average Bonchev–Trinajstić information content (AvgIpc) is 2.74. The zero-order chi connectivity index (χ0) is 11.8. The van der Waals surface area contributed by atoms with Crippen molar-refractivity contribution in [2.24, 2.45) is 0 Å². The Labute approximate surface area is 100 Å². The minimum Gasteiger partial charge on any atom is -0.245 e. The maximum atomic E-state index is 13.1. The second kappa shape index (κ2) is 3.89. The fraction of sp³-hybridized carbons (Fsp3) is 0. The summed E-state index contributed by atoms with van der Waals surface area (Å²) in [4.78, 5) is 4.18. The van der Waals surface area contributed by atoms with Crippen LogP contribution in [-0.2, 0) is 0 Å². The van der Waals surface area contributed by atoms with E-state index in [0.29, 0.717) is 5.56 Å². The van der Waals surface area contributed by atoms with Gasteiger partial charge in [0.2, 0.25) is 0 Å². The van der Waals surface area contributed by atoms with E-state index in [4.69, 9.17) is 0 Å². The zero-order valence-electron chi connectivity index (χ0n) is 8.65. The van der Waals surface area contributed by atoms with E-state index in [1.807, 2.05) is 18.2 Å². The normalized spacial score (nSPS) is 10.9. The van der Waals surface area contributed by atoms with Gasteiger partial charge in [0.15, 0.2) is 0 Å². The van der Waals surface area contributed by atoms with Crippen LogP contribution >= 0.6 is 11.3 Å². The van der Waals surface area contributed by atoms with Gasteiger partial charge in [-0.15, -0.1) is 11.3 Å². The van der Waals surface area contributed by atoms with E-state index in [-0.39, 0.29) is 0 Å². The Morgan fingerprint density at radius 3 is 2.41 bits per heavy atom. The van der Waals surface area contributed by atoms with Gasteiger partial charge in [0.1, 0.15) is 11.6 Å². The van der Waals surface area contributed by atoms with Crippen molar-refractivity contribution in [1.82, 2.24) is 4.98 Å². The molecule has 0 atom stereocenters. The smallest absolute Gasteiger partial charge is 0.126 e. The van der Waals surface area contributed by atoms with E-state index >= 15 is 0 Å². The summed E-state index contributed by atoms with van der Waals surface area (Å²) in [5, 5.41) is 0. The Morgan fingerprint density at radius 1 is 0.882 bits per heavy atom. The monoisotopic (exact) mass is 247 g/mol. The van der Waals surface area contributed by atoms with Crippen LogP contribution in [0.2, 0.25) is 0 Å². The van der Waals surface area contributed by atoms with Gasteiger partial charge in [-0.05, 0) is 35.4 Å². The molecule has 0 aliphatic rings. The highest BCUT2D eigenvalue weighted by Crippen LogP contribution is 2.26. The molecule has 0 amide bonds. The lowest BCUT2D eigenvalue weighted by Gasteiger charge is -2.02. The summed E-state index contributed by atoms with van der Waals surface area (Å²) in [6.07, 6.45) is 0. The van der Waals surface area contributed by atoms with Crippen molar-refractivity contribution >= 4 is 21.6 Å². The first kappa shape index (κ1) is 10.4. The third-order valence-electron chi connectivity index (χ3n) is 2.53. The number of hydrogen-bond donors (Lipinski definition) is 0. The molecule has 0 aliphatic heterocycles. The molecule has 1 aromatic heterocycles. The van der Waals surface area contributed by atoms with Crippen LogP contribution in [-0.4, -0.2) is 4.98 Å². The topological polar surface area (TPSA) is 12.9 Å². The fourth-order valence-corrected chi connectivity index (χ4v) is 2.42. The molecule has 3 aromatic rings. The van der Waals surface area contributed by atoms with Crippen LogP contribution < -0.4 is 0 Å². The second-order valence-electron chi connectivity index (χ2n) is 3.69. The Hall–Kier alpha value is -1.81. The van der Waals surface area contributed by atoms with Gasteiger partial charge in [0.25, 0.3) is 0 Å². The quantitative estimate of drug-likeness (QED) is 0.626. The summed E-state index contributed by atoms with van der Waals surface area (Å²) < 4.78 is 27.3. The average molecular weight is 247 g/mol. The predicted octanol–water partition coefficient (Wildman–Crippen LogP) is 4.24. The van der Waals surface area contributed by atoms with Crippen molar-refractivity contribution in [2.75, 3.05) is 0 Å². The Kier molecular flexibility index (Phi) is 2.37. The van der Waals surface area contributed by atoms with Gasteiger partial charge in [-0.3, -0.25) is 0 Å². The molecule has 17 heavy (non-hydrogen) atoms. The molecular formula is C13H7F2NS. The van der Waals surface area contributed by atoms with Crippen LogP contribution in [0.1, 0.15) is 0 Å². The highest BCUT2D eigenvalue weighted by Gasteiger charge is 2.05. The number of benzene rings is 2. The van der Waals surface area contributed by atoms with Gasteiger partial charge >= 0.3 is 0 Å². The molecule has 0 fully saturated rings. The fourth-order valence-electron chi connectivity index (χ4n) is 1.76. The van der Waals surface area contributed by atoms with E-state index < -0.39 is 11.6 Å². The van der Waals surface area contributed by atoms with E-state index in [2.05, 4.69) is 4.98 Å². The van der Waals surface area contributed by atoms with Crippen LogP contribution in [0.5, 0.6) is 0 Å². The molecule has 84 valence electrons. The molecule has 0 unspecified atom stereocenters. The maximum Gasteiger partial charge on any atom is 0.126 e. The first-order chi connectivity index (χ1) is 8.22. The Bertz CT molecular complexity index is 670. The van der Waals surface area contributed by atoms with Crippen LogP contribution in [0.25, 0.3) is 21.3 Å². The standard InChI is InChI=1S/C13H7F2NS/c14-10-3-9(4-11(15)6-10)8-1-2-13-12(5-8)16-7-17-13/h1-7H. The van der Waals surface area contributed by atoms with Crippen molar-refractivity contribution in [2.45, 2.75) is 0 Å². The number of aromatic nitrogens is 1. The predicted molar refractivity (Wildman–Crippen MR) is 65.0 cm³/mol. The van der Waals surface area contributed by atoms with Gasteiger partial charge < -0.3 is 0 Å². The maximum absolute atomic E-state index is 13.1. The summed E-state index contributed by atoms with van der Waals surface area (Å²) in [7, 11) is 0.